The fourth-order valence-corrected chi connectivity index (χ4v) is 2.08. The van der Waals surface area contributed by atoms with Crippen molar-refractivity contribution in [3.05, 3.63) is 58.9 Å². The maximum Gasteiger partial charge on any atom is 0.309 e. The van der Waals surface area contributed by atoms with Gasteiger partial charge < -0.3 is 14.8 Å². The molecule has 0 saturated heterocycles. The van der Waals surface area contributed by atoms with Gasteiger partial charge in [-0.15, -0.1) is 0 Å². The summed E-state index contributed by atoms with van der Waals surface area (Å²) in [4.78, 5) is 23.0. The van der Waals surface area contributed by atoms with Crippen LogP contribution in [-0.4, -0.2) is 25.6 Å². The number of esters is 1. The van der Waals surface area contributed by atoms with Gasteiger partial charge in [0.1, 0.15) is 11.6 Å². The molecule has 0 aliphatic heterocycles. The molecule has 1 N–H and O–H groups in total. The van der Waals surface area contributed by atoms with Crippen molar-refractivity contribution in [2.45, 2.75) is 6.42 Å². The third-order valence-electron chi connectivity index (χ3n) is 3.07. The lowest BCUT2D eigenvalue weighted by atomic mass is 10.1. The maximum absolute atomic E-state index is 12.9. The summed E-state index contributed by atoms with van der Waals surface area (Å²) >= 11 is 5.83. The van der Waals surface area contributed by atoms with Crippen molar-refractivity contribution in [2.75, 3.05) is 19.0 Å². The number of nitrogens with one attached hydrogen (secondary N) is 1. The van der Waals surface area contributed by atoms with E-state index in [4.69, 9.17) is 16.3 Å². The molecule has 0 atom stereocenters. The predicted octanol–water partition coefficient (Wildman–Crippen LogP) is 3.21. The normalized spacial score (nSPS) is 10.1. The molecule has 0 bridgehead atoms. The monoisotopic (exact) mass is 351 g/mol. The molecule has 0 aromatic heterocycles. The molecule has 5 nitrogen and oxygen atoms in total. The van der Waals surface area contributed by atoms with Crippen LogP contribution in [0.2, 0.25) is 5.02 Å². The number of ether oxygens (including phenoxy) is 2. The molecule has 0 spiro atoms. The first-order valence-electron chi connectivity index (χ1n) is 7.01. The summed E-state index contributed by atoms with van der Waals surface area (Å²) in [5.74, 6) is -0.772. The smallest absolute Gasteiger partial charge is 0.309 e. The Kier molecular flexibility index (Phi) is 6.14. The average molecular weight is 352 g/mol. The highest BCUT2D eigenvalue weighted by Crippen LogP contribution is 2.22. The second kappa shape index (κ2) is 8.31. The van der Waals surface area contributed by atoms with E-state index in [1.165, 1.54) is 19.2 Å². The minimum absolute atomic E-state index is 0.107. The standard InChI is InChI=1S/C17H15ClFNO4/c1-23-17(22)8-11-2-5-13(6-3-11)24-10-16(21)20-15-7-4-12(19)9-14(15)18/h2-7,9H,8,10H2,1H3,(H,20,21). The quantitative estimate of drug-likeness (QED) is 0.812. The summed E-state index contributed by atoms with van der Waals surface area (Å²) in [6, 6.07) is 10.4. The van der Waals surface area contributed by atoms with Gasteiger partial charge in [0.25, 0.3) is 5.91 Å². The van der Waals surface area contributed by atoms with Gasteiger partial charge in [-0.05, 0) is 35.9 Å². The van der Waals surface area contributed by atoms with Gasteiger partial charge >= 0.3 is 5.97 Å². The largest absolute Gasteiger partial charge is 0.484 e. The zero-order valence-corrected chi connectivity index (χ0v) is 13.6. The number of hydrogen-bond donors (Lipinski definition) is 1. The van der Waals surface area contributed by atoms with Crippen molar-refractivity contribution in [1.29, 1.82) is 0 Å². The van der Waals surface area contributed by atoms with Crippen LogP contribution in [0, 0.1) is 5.82 Å². The Morgan fingerprint density at radius 1 is 1.17 bits per heavy atom. The van der Waals surface area contributed by atoms with Crippen molar-refractivity contribution in [2.24, 2.45) is 0 Å². The number of carbonyl (C=O) groups excluding carboxylic acids is 2. The lowest BCUT2D eigenvalue weighted by Crippen LogP contribution is -2.20. The number of benzene rings is 2. The Hall–Kier alpha value is -2.60. The molecule has 2 rings (SSSR count). The molecule has 0 aliphatic rings. The molecule has 0 aliphatic carbocycles. The fraction of sp³-hybridized carbons (Fsp3) is 0.176. The van der Waals surface area contributed by atoms with Crippen LogP contribution in [0.5, 0.6) is 5.75 Å². The van der Waals surface area contributed by atoms with E-state index in [0.29, 0.717) is 11.4 Å². The first-order valence-corrected chi connectivity index (χ1v) is 7.39. The summed E-state index contributed by atoms with van der Waals surface area (Å²) in [6.45, 7) is -0.232. The van der Waals surface area contributed by atoms with Gasteiger partial charge in [0.05, 0.1) is 24.2 Å². The van der Waals surface area contributed by atoms with Crippen LogP contribution in [0.1, 0.15) is 5.56 Å². The van der Waals surface area contributed by atoms with Crippen LogP contribution in [0.15, 0.2) is 42.5 Å². The van der Waals surface area contributed by atoms with Crippen molar-refractivity contribution in [1.82, 2.24) is 0 Å². The number of carbonyl (C=O) groups is 2. The number of methoxy groups -OCH3 is 1. The SMILES string of the molecule is COC(=O)Cc1ccc(OCC(=O)Nc2ccc(F)cc2Cl)cc1. The highest BCUT2D eigenvalue weighted by Gasteiger charge is 2.08. The first kappa shape index (κ1) is 17.7. The van der Waals surface area contributed by atoms with Crippen LogP contribution in [0.25, 0.3) is 0 Å². The first-order chi connectivity index (χ1) is 11.5. The number of anilines is 1. The Bertz CT molecular complexity index is 734. The van der Waals surface area contributed by atoms with Crippen LogP contribution >= 0.6 is 11.6 Å². The van der Waals surface area contributed by atoms with E-state index >= 15 is 0 Å². The molecule has 0 radical (unpaired) electrons. The summed E-state index contributed by atoms with van der Waals surface area (Å²) in [5, 5.41) is 2.64. The predicted molar refractivity (Wildman–Crippen MR) is 87.7 cm³/mol. The Balaban J connectivity index is 1.86. The zero-order valence-electron chi connectivity index (χ0n) is 12.8. The minimum Gasteiger partial charge on any atom is -0.484 e. The zero-order chi connectivity index (χ0) is 17.5. The molecule has 2 aromatic rings. The molecule has 24 heavy (non-hydrogen) atoms. The van der Waals surface area contributed by atoms with Crippen molar-refractivity contribution >= 4 is 29.2 Å². The molecule has 1 amide bonds. The van der Waals surface area contributed by atoms with Crippen LogP contribution in [-0.2, 0) is 20.7 Å². The lowest BCUT2D eigenvalue weighted by molar-refractivity contribution is -0.139. The van der Waals surface area contributed by atoms with E-state index in [1.54, 1.807) is 24.3 Å². The van der Waals surface area contributed by atoms with Crippen molar-refractivity contribution in [3.8, 4) is 5.75 Å². The van der Waals surface area contributed by atoms with Gasteiger partial charge in [-0.1, -0.05) is 23.7 Å². The molecule has 0 heterocycles. The Morgan fingerprint density at radius 2 is 1.88 bits per heavy atom. The van der Waals surface area contributed by atoms with E-state index < -0.39 is 11.7 Å². The van der Waals surface area contributed by atoms with Gasteiger partial charge in [-0.3, -0.25) is 9.59 Å². The summed E-state index contributed by atoms with van der Waals surface area (Å²) in [7, 11) is 1.33. The summed E-state index contributed by atoms with van der Waals surface area (Å²) in [5.41, 5.74) is 1.08. The highest BCUT2D eigenvalue weighted by molar-refractivity contribution is 6.33. The number of hydrogen-bond acceptors (Lipinski definition) is 4. The molecule has 7 heteroatoms. The van der Waals surface area contributed by atoms with Gasteiger partial charge in [-0.25, -0.2) is 4.39 Å². The molecule has 0 saturated carbocycles. The molecule has 126 valence electrons. The Labute approximate surface area is 143 Å². The second-order valence-electron chi connectivity index (χ2n) is 4.86. The van der Waals surface area contributed by atoms with Crippen LogP contribution in [0.3, 0.4) is 0 Å². The highest BCUT2D eigenvalue weighted by atomic mass is 35.5. The topological polar surface area (TPSA) is 64.6 Å². The van der Waals surface area contributed by atoms with Gasteiger partial charge in [0.2, 0.25) is 0 Å². The molecular formula is C17H15ClFNO4. The second-order valence-corrected chi connectivity index (χ2v) is 5.27. The number of rotatable bonds is 6. The van der Waals surface area contributed by atoms with Gasteiger partial charge in [0, 0.05) is 0 Å². The third kappa shape index (κ3) is 5.24. The average Bonchev–Trinajstić information content (AvgIpc) is 2.56. The number of halogens is 2. The fourth-order valence-electron chi connectivity index (χ4n) is 1.87. The van der Waals surface area contributed by atoms with Crippen molar-refractivity contribution in [3.63, 3.8) is 0 Å². The molecular weight excluding hydrogens is 337 g/mol. The lowest BCUT2D eigenvalue weighted by Gasteiger charge is -2.09. The molecule has 0 fully saturated rings. The summed E-state index contributed by atoms with van der Waals surface area (Å²) < 4.78 is 22.9. The molecule has 2 aromatic carbocycles. The van der Waals surface area contributed by atoms with Crippen LogP contribution in [0.4, 0.5) is 10.1 Å². The van der Waals surface area contributed by atoms with Gasteiger partial charge in [-0.2, -0.15) is 0 Å². The van der Waals surface area contributed by atoms with E-state index in [0.717, 1.165) is 11.6 Å². The van der Waals surface area contributed by atoms with E-state index in [2.05, 4.69) is 10.1 Å². The van der Waals surface area contributed by atoms with E-state index in [1.807, 2.05) is 0 Å². The minimum atomic E-state index is -0.485. The Morgan fingerprint density at radius 3 is 2.50 bits per heavy atom. The maximum atomic E-state index is 12.9. The van der Waals surface area contributed by atoms with E-state index in [-0.39, 0.29) is 24.0 Å². The van der Waals surface area contributed by atoms with E-state index in [9.17, 15) is 14.0 Å². The molecule has 0 unspecified atom stereocenters. The number of amides is 1. The van der Waals surface area contributed by atoms with Gasteiger partial charge in [0.15, 0.2) is 6.61 Å². The van der Waals surface area contributed by atoms with Crippen molar-refractivity contribution < 1.29 is 23.5 Å². The summed E-state index contributed by atoms with van der Waals surface area (Å²) in [6.07, 6.45) is 0.167. The third-order valence-corrected chi connectivity index (χ3v) is 3.39. The van der Waals surface area contributed by atoms with Crippen LogP contribution < -0.4 is 10.1 Å².